The second-order valence-corrected chi connectivity index (χ2v) is 5.75. The molecule has 2 aromatic carbocycles. The molecule has 5 heteroatoms. The lowest BCUT2D eigenvalue weighted by Gasteiger charge is -2.16. The third-order valence-corrected chi connectivity index (χ3v) is 3.99. The Morgan fingerprint density at radius 3 is 2.43 bits per heavy atom. The van der Waals surface area contributed by atoms with Crippen LogP contribution in [0.25, 0.3) is 0 Å². The first-order chi connectivity index (χ1) is 9.99. The molecular weight excluding hydrogens is 291 g/mol. The first-order valence-electron chi connectivity index (χ1n) is 6.63. The van der Waals surface area contributed by atoms with Crippen LogP contribution < -0.4 is 11.1 Å². The number of carbonyl (C=O) groups excluding carboxylic acids is 1. The second kappa shape index (κ2) is 5.04. The molecule has 0 heterocycles. The fourth-order valence-electron chi connectivity index (χ4n) is 2.45. The fraction of sp³-hybridized carbons (Fsp3) is 0.188. The number of nitrogen functional groups attached to an aromatic ring is 1. The van der Waals surface area contributed by atoms with Crippen LogP contribution in [0, 0.1) is 5.82 Å². The molecule has 1 aliphatic carbocycles. The minimum atomic E-state index is -0.535. The molecule has 0 saturated heterocycles. The van der Waals surface area contributed by atoms with E-state index in [-0.39, 0.29) is 10.9 Å². The molecule has 3 N–H and O–H groups in total. The van der Waals surface area contributed by atoms with Crippen molar-refractivity contribution in [3.05, 3.63) is 58.9 Å². The standard InChI is InChI=1S/C16H14ClFN2O/c17-11-7-12(18)9-14(8-11)20-15(21)16(5-6-16)10-1-3-13(19)4-2-10/h1-4,7-9H,5-6,19H2,(H,20,21). The number of hydrogen-bond donors (Lipinski definition) is 2. The van der Waals surface area contributed by atoms with Crippen LogP contribution in [0.15, 0.2) is 42.5 Å². The molecule has 0 radical (unpaired) electrons. The van der Waals surface area contributed by atoms with Gasteiger partial charge in [-0.2, -0.15) is 0 Å². The Bertz CT molecular complexity index is 676. The van der Waals surface area contributed by atoms with Gasteiger partial charge in [0.15, 0.2) is 0 Å². The first-order valence-corrected chi connectivity index (χ1v) is 7.01. The number of anilines is 2. The number of rotatable bonds is 3. The van der Waals surface area contributed by atoms with E-state index in [2.05, 4.69) is 5.32 Å². The number of hydrogen-bond acceptors (Lipinski definition) is 2. The Hall–Kier alpha value is -2.07. The van der Waals surface area contributed by atoms with Gasteiger partial charge in [0.05, 0.1) is 5.41 Å². The summed E-state index contributed by atoms with van der Waals surface area (Å²) in [5, 5.41) is 3.00. The highest BCUT2D eigenvalue weighted by Crippen LogP contribution is 2.49. The van der Waals surface area contributed by atoms with E-state index in [1.54, 1.807) is 12.1 Å². The summed E-state index contributed by atoms with van der Waals surface area (Å²) in [7, 11) is 0. The minimum Gasteiger partial charge on any atom is -0.399 e. The maximum absolute atomic E-state index is 13.3. The van der Waals surface area contributed by atoms with Crippen LogP contribution in [0.4, 0.5) is 15.8 Å². The van der Waals surface area contributed by atoms with E-state index < -0.39 is 11.2 Å². The molecule has 0 atom stereocenters. The molecule has 0 aliphatic heterocycles. The van der Waals surface area contributed by atoms with Crippen LogP contribution in [-0.2, 0) is 10.2 Å². The van der Waals surface area contributed by atoms with E-state index in [4.69, 9.17) is 17.3 Å². The zero-order chi connectivity index (χ0) is 15.0. The average molecular weight is 305 g/mol. The number of nitrogens with one attached hydrogen (secondary N) is 1. The normalized spacial score (nSPS) is 15.5. The van der Waals surface area contributed by atoms with E-state index in [0.717, 1.165) is 18.4 Å². The van der Waals surface area contributed by atoms with E-state index in [9.17, 15) is 9.18 Å². The average Bonchev–Trinajstić information content (AvgIpc) is 3.19. The maximum Gasteiger partial charge on any atom is 0.235 e. The van der Waals surface area contributed by atoms with Gasteiger partial charge in [0.2, 0.25) is 5.91 Å². The SMILES string of the molecule is Nc1ccc(C2(C(=O)Nc3cc(F)cc(Cl)c3)CC2)cc1. The van der Waals surface area contributed by atoms with Crippen LogP contribution >= 0.6 is 11.6 Å². The van der Waals surface area contributed by atoms with E-state index >= 15 is 0 Å². The highest BCUT2D eigenvalue weighted by Gasteiger charge is 2.51. The van der Waals surface area contributed by atoms with Crippen LogP contribution in [-0.4, -0.2) is 5.91 Å². The lowest BCUT2D eigenvalue weighted by Crippen LogP contribution is -2.27. The van der Waals surface area contributed by atoms with E-state index in [0.29, 0.717) is 11.4 Å². The maximum atomic E-state index is 13.3. The Labute approximate surface area is 126 Å². The molecule has 1 fully saturated rings. The molecule has 108 valence electrons. The molecule has 1 amide bonds. The zero-order valence-electron chi connectivity index (χ0n) is 11.2. The topological polar surface area (TPSA) is 55.1 Å². The van der Waals surface area contributed by atoms with Crippen molar-refractivity contribution in [2.45, 2.75) is 18.3 Å². The van der Waals surface area contributed by atoms with Gasteiger partial charge in [0.25, 0.3) is 0 Å². The highest BCUT2D eigenvalue weighted by molar-refractivity contribution is 6.31. The smallest absolute Gasteiger partial charge is 0.235 e. The quantitative estimate of drug-likeness (QED) is 0.849. The number of halogens is 2. The van der Waals surface area contributed by atoms with Crippen LogP contribution in [0.3, 0.4) is 0 Å². The van der Waals surface area contributed by atoms with Crippen molar-refractivity contribution < 1.29 is 9.18 Å². The van der Waals surface area contributed by atoms with Crippen LogP contribution in [0.5, 0.6) is 0 Å². The van der Waals surface area contributed by atoms with Gasteiger partial charge < -0.3 is 11.1 Å². The first kappa shape index (κ1) is 13.9. The third kappa shape index (κ3) is 2.72. The zero-order valence-corrected chi connectivity index (χ0v) is 12.0. The molecule has 21 heavy (non-hydrogen) atoms. The molecule has 0 aromatic heterocycles. The molecule has 0 bridgehead atoms. The molecule has 3 nitrogen and oxygen atoms in total. The molecule has 0 unspecified atom stereocenters. The van der Waals surface area contributed by atoms with E-state index in [1.165, 1.54) is 18.2 Å². The van der Waals surface area contributed by atoms with Gasteiger partial charge in [0, 0.05) is 16.4 Å². The summed E-state index contributed by atoms with van der Waals surface area (Å²) >= 11 is 5.79. The van der Waals surface area contributed by atoms with Crippen molar-refractivity contribution in [1.82, 2.24) is 0 Å². The molecule has 2 aromatic rings. The lowest BCUT2D eigenvalue weighted by atomic mass is 9.94. The Morgan fingerprint density at radius 2 is 1.86 bits per heavy atom. The van der Waals surface area contributed by atoms with Gasteiger partial charge in [-0.05, 0) is 48.7 Å². The van der Waals surface area contributed by atoms with Gasteiger partial charge >= 0.3 is 0 Å². The number of nitrogens with two attached hydrogens (primary N) is 1. The predicted octanol–water partition coefficient (Wildman–Crippen LogP) is 3.73. The van der Waals surface area contributed by atoms with Gasteiger partial charge in [0.1, 0.15) is 5.82 Å². The molecule has 1 aliphatic rings. The summed E-state index contributed by atoms with van der Waals surface area (Å²) in [6.07, 6.45) is 1.54. The van der Waals surface area contributed by atoms with Gasteiger partial charge in [-0.25, -0.2) is 4.39 Å². The summed E-state index contributed by atoms with van der Waals surface area (Å²) < 4.78 is 13.3. The van der Waals surface area contributed by atoms with Crippen molar-refractivity contribution in [3.63, 3.8) is 0 Å². The third-order valence-electron chi connectivity index (χ3n) is 3.77. The van der Waals surface area contributed by atoms with Crippen molar-refractivity contribution in [3.8, 4) is 0 Å². The minimum absolute atomic E-state index is 0.145. The highest BCUT2D eigenvalue weighted by atomic mass is 35.5. The van der Waals surface area contributed by atoms with Gasteiger partial charge in [-0.15, -0.1) is 0 Å². The van der Waals surface area contributed by atoms with Crippen molar-refractivity contribution in [2.75, 3.05) is 11.1 Å². The van der Waals surface area contributed by atoms with Crippen LogP contribution in [0.2, 0.25) is 5.02 Å². The molecule has 0 spiro atoms. The molecule has 3 rings (SSSR count). The summed E-state index contributed by atoms with van der Waals surface area (Å²) in [5.74, 6) is -0.621. The fourth-order valence-corrected chi connectivity index (χ4v) is 2.67. The second-order valence-electron chi connectivity index (χ2n) is 5.32. The van der Waals surface area contributed by atoms with Crippen LogP contribution in [0.1, 0.15) is 18.4 Å². The van der Waals surface area contributed by atoms with Gasteiger partial charge in [-0.1, -0.05) is 23.7 Å². The predicted molar refractivity (Wildman–Crippen MR) is 81.8 cm³/mol. The summed E-state index contributed by atoms with van der Waals surface area (Å²) in [4.78, 5) is 12.5. The lowest BCUT2D eigenvalue weighted by molar-refractivity contribution is -0.118. The Kier molecular flexibility index (Phi) is 3.33. The Morgan fingerprint density at radius 1 is 1.19 bits per heavy atom. The van der Waals surface area contributed by atoms with Crippen molar-refractivity contribution >= 4 is 28.9 Å². The summed E-state index contributed by atoms with van der Waals surface area (Å²) in [6.45, 7) is 0. The number of carbonyl (C=O) groups is 1. The number of amides is 1. The summed E-state index contributed by atoms with van der Waals surface area (Å²) in [5.41, 5.74) is 7.09. The monoisotopic (exact) mass is 304 g/mol. The molecular formula is C16H14ClFN2O. The summed E-state index contributed by atoms with van der Waals surface area (Å²) in [6, 6.07) is 11.3. The van der Waals surface area contributed by atoms with Crippen molar-refractivity contribution in [1.29, 1.82) is 0 Å². The largest absolute Gasteiger partial charge is 0.399 e. The number of benzene rings is 2. The molecule has 1 saturated carbocycles. The Balaban J connectivity index is 1.83. The van der Waals surface area contributed by atoms with E-state index in [1.807, 2.05) is 12.1 Å². The van der Waals surface area contributed by atoms with Gasteiger partial charge in [-0.3, -0.25) is 4.79 Å². The van der Waals surface area contributed by atoms with Crippen molar-refractivity contribution in [2.24, 2.45) is 0 Å².